The van der Waals surface area contributed by atoms with Gasteiger partial charge in [0, 0.05) is 32.3 Å². The van der Waals surface area contributed by atoms with Gasteiger partial charge in [-0.1, -0.05) is 27.7 Å². The minimum absolute atomic E-state index is 0.598. The second kappa shape index (κ2) is 10.8. The molecule has 3 heteroatoms. The fourth-order valence-corrected chi connectivity index (χ4v) is 2.14. The first-order chi connectivity index (χ1) is 8.47. The van der Waals surface area contributed by atoms with Crippen LogP contribution in [0.3, 0.4) is 0 Å². The third-order valence-corrected chi connectivity index (χ3v) is 3.16. The van der Waals surface area contributed by atoms with Crippen molar-refractivity contribution in [2.75, 3.05) is 33.4 Å². The minimum atomic E-state index is 0.598. The molecule has 1 unspecified atom stereocenters. The second-order valence-electron chi connectivity index (χ2n) is 5.98. The Bertz CT molecular complexity index is 183. The molecule has 0 spiro atoms. The SMILES string of the molecule is COCCN(CC(C)C)C(C)CCCNC(C)C. The predicted octanol–water partition coefficient (Wildman–Crippen LogP) is 2.76. The van der Waals surface area contributed by atoms with E-state index in [1.54, 1.807) is 7.11 Å². The van der Waals surface area contributed by atoms with Crippen LogP contribution in [0.15, 0.2) is 0 Å². The van der Waals surface area contributed by atoms with Crippen molar-refractivity contribution >= 4 is 0 Å². The number of nitrogens with zero attached hydrogens (tertiary/aromatic N) is 1. The van der Waals surface area contributed by atoms with Crippen molar-refractivity contribution in [3.05, 3.63) is 0 Å². The molecular weight excluding hydrogens is 224 g/mol. The molecule has 0 saturated heterocycles. The van der Waals surface area contributed by atoms with Crippen LogP contribution in [0, 0.1) is 5.92 Å². The number of methoxy groups -OCH3 is 1. The summed E-state index contributed by atoms with van der Waals surface area (Å²) < 4.78 is 5.21. The summed E-state index contributed by atoms with van der Waals surface area (Å²) in [4.78, 5) is 2.56. The van der Waals surface area contributed by atoms with Gasteiger partial charge in [0.2, 0.25) is 0 Å². The molecule has 0 aromatic carbocycles. The Morgan fingerprint density at radius 2 is 1.78 bits per heavy atom. The molecule has 0 aliphatic heterocycles. The van der Waals surface area contributed by atoms with Crippen LogP contribution in [0.25, 0.3) is 0 Å². The van der Waals surface area contributed by atoms with E-state index >= 15 is 0 Å². The van der Waals surface area contributed by atoms with E-state index in [2.05, 4.69) is 44.8 Å². The molecule has 1 atom stereocenters. The predicted molar refractivity (Wildman–Crippen MR) is 80.1 cm³/mol. The summed E-state index contributed by atoms with van der Waals surface area (Å²) in [6.07, 6.45) is 2.51. The van der Waals surface area contributed by atoms with Gasteiger partial charge in [0.25, 0.3) is 0 Å². The molecule has 0 aromatic heterocycles. The van der Waals surface area contributed by atoms with Crippen LogP contribution in [-0.2, 0) is 4.74 Å². The van der Waals surface area contributed by atoms with Crippen LogP contribution >= 0.6 is 0 Å². The van der Waals surface area contributed by atoms with E-state index < -0.39 is 0 Å². The van der Waals surface area contributed by atoms with Gasteiger partial charge in [-0.05, 0) is 32.2 Å². The summed E-state index contributed by atoms with van der Waals surface area (Å²) in [5.41, 5.74) is 0. The van der Waals surface area contributed by atoms with Crippen molar-refractivity contribution in [2.24, 2.45) is 5.92 Å². The fraction of sp³-hybridized carbons (Fsp3) is 1.00. The van der Waals surface area contributed by atoms with Gasteiger partial charge in [0.05, 0.1) is 6.61 Å². The standard InChI is InChI=1S/C15H34N2O/c1-13(2)12-17(10-11-18-6)15(5)8-7-9-16-14(3)4/h13-16H,7-12H2,1-6H3. The maximum absolute atomic E-state index is 5.21. The van der Waals surface area contributed by atoms with Gasteiger partial charge in [-0.15, -0.1) is 0 Å². The molecule has 0 radical (unpaired) electrons. The average molecular weight is 258 g/mol. The highest BCUT2D eigenvalue weighted by Gasteiger charge is 2.14. The third-order valence-electron chi connectivity index (χ3n) is 3.16. The van der Waals surface area contributed by atoms with Crippen LogP contribution in [0.5, 0.6) is 0 Å². The van der Waals surface area contributed by atoms with Gasteiger partial charge in [0.1, 0.15) is 0 Å². The van der Waals surface area contributed by atoms with Crippen LogP contribution in [0.2, 0.25) is 0 Å². The Morgan fingerprint density at radius 3 is 2.28 bits per heavy atom. The number of ether oxygens (including phenoxy) is 1. The van der Waals surface area contributed by atoms with Gasteiger partial charge in [-0.25, -0.2) is 0 Å². The molecule has 0 saturated carbocycles. The maximum Gasteiger partial charge on any atom is 0.0589 e. The van der Waals surface area contributed by atoms with Crippen molar-refractivity contribution in [1.82, 2.24) is 10.2 Å². The average Bonchev–Trinajstić information content (AvgIpc) is 2.29. The van der Waals surface area contributed by atoms with Crippen molar-refractivity contribution in [1.29, 1.82) is 0 Å². The molecule has 0 rings (SSSR count). The molecular formula is C15H34N2O. The van der Waals surface area contributed by atoms with E-state index in [9.17, 15) is 0 Å². The monoisotopic (exact) mass is 258 g/mol. The van der Waals surface area contributed by atoms with E-state index in [1.165, 1.54) is 19.4 Å². The zero-order valence-corrected chi connectivity index (χ0v) is 13.3. The Balaban J connectivity index is 3.91. The lowest BCUT2D eigenvalue weighted by Crippen LogP contribution is -2.38. The first-order valence-corrected chi connectivity index (χ1v) is 7.43. The van der Waals surface area contributed by atoms with E-state index in [-0.39, 0.29) is 0 Å². The van der Waals surface area contributed by atoms with Gasteiger partial charge >= 0.3 is 0 Å². The third kappa shape index (κ3) is 9.86. The van der Waals surface area contributed by atoms with Crippen molar-refractivity contribution in [3.63, 3.8) is 0 Å². The van der Waals surface area contributed by atoms with Crippen LogP contribution in [0.4, 0.5) is 0 Å². The Hall–Kier alpha value is -0.120. The normalized spacial score (nSPS) is 13.8. The van der Waals surface area contributed by atoms with E-state index in [4.69, 9.17) is 4.74 Å². The molecule has 0 aromatic rings. The summed E-state index contributed by atoms with van der Waals surface area (Å²) in [5, 5.41) is 3.48. The molecule has 1 N–H and O–H groups in total. The van der Waals surface area contributed by atoms with E-state index in [0.717, 1.165) is 25.6 Å². The van der Waals surface area contributed by atoms with Gasteiger partial charge in [-0.2, -0.15) is 0 Å². The summed E-state index contributed by atoms with van der Waals surface area (Å²) >= 11 is 0. The van der Waals surface area contributed by atoms with E-state index in [0.29, 0.717) is 12.1 Å². The van der Waals surface area contributed by atoms with E-state index in [1.807, 2.05) is 0 Å². The lowest BCUT2D eigenvalue weighted by atomic mass is 10.1. The quantitative estimate of drug-likeness (QED) is 0.577. The fourth-order valence-electron chi connectivity index (χ4n) is 2.14. The molecule has 0 amide bonds. The number of nitrogens with one attached hydrogen (secondary N) is 1. The number of rotatable bonds is 11. The van der Waals surface area contributed by atoms with Crippen LogP contribution in [-0.4, -0.2) is 50.3 Å². The molecule has 0 heterocycles. The highest BCUT2D eigenvalue weighted by molar-refractivity contribution is 4.69. The minimum Gasteiger partial charge on any atom is -0.383 e. The second-order valence-corrected chi connectivity index (χ2v) is 5.98. The first-order valence-electron chi connectivity index (χ1n) is 7.43. The Morgan fingerprint density at radius 1 is 1.11 bits per heavy atom. The van der Waals surface area contributed by atoms with Crippen molar-refractivity contribution < 1.29 is 4.74 Å². The maximum atomic E-state index is 5.21. The molecule has 0 bridgehead atoms. The van der Waals surface area contributed by atoms with Gasteiger partial charge in [0.15, 0.2) is 0 Å². The Kier molecular flexibility index (Phi) is 10.7. The highest BCUT2D eigenvalue weighted by atomic mass is 16.5. The molecule has 18 heavy (non-hydrogen) atoms. The molecule has 3 nitrogen and oxygen atoms in total. The highest BCUT2D eigenvalue weighted by Crippen LogP contribution is 2.09. The Labute approximate surface area is 114 Å². The number of hydrogen-bond donors (Lipinski definition) is 1. The molecule has 0 aliphatic carbocycles. The van der Waals surface area contributed by atoms with Crippen molar-refractivity contribution in [2.45, 2.75) is 59.5 Å². The largest absolute Gasteiger partial charge is 0.383 e. The van der Waals surface area contributed by atoms with Gasteiger partial charge < -0.3 is 10.1 Å². The summed E-state index contributed by atoms with van der Waals surface area (Å²) in [5.74, 6) is 0.720. The first kappa shape index (κ1) is 17.9. The van der Waals surface area contributed by atoms with Crippen LogP contribution < -0.4 is 5.32 Å². The summed E-state index contributed by atoms with van der Waals surface area (Å²) in [6.45, 7) is 15.5. The molecule has 110 valence electrons. The van der Waals surface area contributed by atoms with Gasteiger partial charge in [-0.3, -0.25) is 4.90 Å². The van der Waals surface area contributed by atoms with Crippen LogP contribution in [0.1, 0.15) is 47.5 Å². The summed E-state index contributed by atoms with van der Waals surface area (Å²) in [6, 6.07) is 1.25. The number of hydrogen-bond acceptors (Lipinski definition) is 3. The topological polar surface area (TPSA) is 24.5 Å². The molecule has 0 aliphatic rings. The lowest BCUT2D eigenvalue weighted by Gasteiger charge is -2.30. The zero-order valence-electron chi connectivity index (χ0n) is 13.3. The molecule has 0 fully saturated rings. The smallest absolute Gasteiger partial charge is 0.0589 e. The zero-order chi connectivity index (χ0) is 14.0. The lowest BCUT2D eigenvalue weighted by molar-refractivity contribution is 0.111. The van der Waals surface area contributed by atoms with Crippen molar-refractivity contribution in [3.8, 4) is 0 Å². The summed E-state index contributed by atoms with van der Waals surface area (Å²) in [7, 11) is 1.78.